The summed E-state index contributed by atoms with van der Waals surface area (Å²) in [6.45, 7) is 2.23. The van der Waals surface area contributed by atoms with E-state index >= 15 is 0 Å². The van der Waals surface area contributed by atoms with E-state index in [9.17, 15) is 0 Å². The monoisotopic (exact) mass is 183 g/mol. The van der Waals surface area contributed by atoms with Crippen LogP contribution < -0.4 is 5.32 Å². The van der Waals surface area contributed by atoms with Gasteiger partial charge in [0.25, 0.3) is 0 Å². The number of hydrogen-bond donors (Lipinski definition) is 1. The molecule has 1 aliphatic heterocycles. The summed E-state index contributed by atoms with van der Waals surface area (Å²) in [4.78, 5) is 0. The highest BCUT2D eigenvalue weighted by molar-refractivity contribution is 7.99. The van der Waals surface area contributed by atoms with Crippen LogP contribution in [0.3, 0.4) is 0 Å². The maximum absolute atomic E-state index is 5.05. The molecule has 2 rings (SSSR count). The summed E-state index contributed by atoms with van der Waals surface area (Å²) < 4.78 is 5.05. The molecule has 66 valence electrons. The Kier molecular flexibility index (Phi) is 2.42. The summed E-state index contributed by atoms with van der Waals surface area (Å²) in [6.07, 6.45) is 4.82. The van der Waals surface area contributed by atoms with Crippen LogP contribution in [0.4, 0.5) is 0 Å². The third-order valence-corrected chi connectivity index (χ3v) is 3.33. The fourth-order valence-electron chi connectivity index (χ4n) is 1.37. The molecule has 2 nitrogen and oxygen atoms in total. The number of nitrogens with one attached hydrogen (secondary N) is 1. The molecule has 0 amide bonds. The summed E-state index contributed by atoms with van der Waals surface area (Å²) in [5, 5.41) is 3.96. The molecule has 1 aromatic rings. The molecule has 0 aliphatic carbocycles. The van der Waals surface area contributed by atoms with Crippen molar-refractivity contribution in [2.24, 2.45) is 0 Å². The van der Waals surface area contributed by atoms with Gasteiger partial charge in [0.1, 0.15) is 0 Å². The van der Waals surface area contributed by atoms with Gasteiger partial charge in [-0.3, -0.25) is 5.32 Å². The third-order valence-electron chi connectivity index (χ3n) is 2.12. The molecular formula is C9H13NOS. The minimum atomic E-state index is 0.437. The summed E-state index contributed by atoms with van der Waals surface area (Å²) in [7, 11) is 0. The van der Waals surface area contributed by atoms with E-state index in [1.165, 1.54) is 17.7 Å². The maximum Gasteiger partial charge on any atom is 0.0959 e. The van der Waals surface area contributed by atoms with E-state index in [1.54, 1.807) is 6.26 Å². The Bertz CT molecular complexity index is 235. The van der Waals surface area contributed by atoms with E-state index in [0.717, 1.165) is 0 Å². The zero-order chi connectivity index (χ0) is 8.39. The lowest BCUT2D eigenvalue weighted by Crippen LogP contribution is -2.33. The minimum absolute atomic E-state index is 0.437. The Balaban J connectivity index is 2.04. The van der Waals surface area contributed by atoms with Crippen LogP contribution in [0.15, 0.2) is 23.0 Å². The molecule has 1 aromatic heterocycles. The van der Waals surface area contributed by atoms with Crippen molar-refractivity contribution < 1.29 is 4.42 Å². The van der Waals surface area contributed by atoms with Gasteiger partial charge < -0.3 is 4.42 Å². The van der Waals surface area contributed by atoms with Gasteiger partial charge in [-0.2, -0.15) is 0 Å². The van der Waals surface area contributed by atoms with Gasteiger partial charge in [0.15, 0.2) is 0 Å². The molecule has 12 heavy (non-hydrogen) atoms. The Morgan fingerprint density at radius 2 is 2.58 bits per heavy atom. The molecule has 1 fully saturated rings. The van der Waals surface area contributed by atoms with Crippen molar-refractivity contribution in [1.29, 1.82) is 0 Å². The molecule has 2 heterocycles. The van der Waals surface area contributed by atoms with Gasteiger partial charge in [-0.25, -0.2) is 0 Å². The largest absolute Gasteiger partial charge is 0.472 e. The van der Waals surface area contributed by atoms with Gasteiger partial charge in [-0.05, 0) is 25.2 Å². The SMILES string of the molecule is CC1CCSC(c2ccoc2)N1. The van der Waals surface area contributed by atoms with E-state index in [1.807, 2.05) is 24.1 Å². The third kappa shape index (κ3) is 1.67. The van der Waals surface area contributed by atoms with Crippen molar-refractivity contribution in [3.63, 3.8) is 0 Å². The van der Waals surface area contributed by atoms with E-state index < -0.39 is 0 Å². The Morgan fingerprint density at radius 3 is 3.25 bits per heavy atom. The summed E-state index contributed by atoms with van der Waals surface area (Å²) >= 11 is 1.95. The standard InChI is InChI=1S/C9H13NOS/c1-7-3-5-12-9(10-7)8-2-4-11-6-8/h2,4,6-7,9-10H,3,5H2,1H3. The molecule has 0 radical (unpaired) electrons. The average molecular weight is 183 g/mol. The molecule has 3 heteroatoms. The lowest BCUT2D eigenvalue weighted by molar-refractivity contribution is 0.505. The van der Waals surface area contributed by atoms with Gasteiger partial charge >= 0.3 is 0 Å². The lowest BCUT2D eigenvalue weighted by atomic mass is 10.2. The number of furan rings is 1. The van der Waals surface area contributed by atoms with E-state index in [2.05, 4.69) is 12.2 Å². The molecule has 1 N–H and O–H groups in total. The van der Waals surface area contributed by atoms with Gasteiger partial charge in [-0.15, -0.1) is 11.8 Å². The summed E-state index contributed by atoms with van der Waals surface area (Å²) in [5.74, 6) is 1.24. The average Bonchev–Trinajstić information content (AvgIpc) is 2.56. The topological polar surface area (TPSA) is 25.2 Å². The van der Waals surface area contributed by atoms with Crippen molar-refractivity contribution in [3.05, 3.63) is 24.2 Å². The molecule has 2 atom stereocenters. The Morgan fingerprint density at radius 1 is 1.67 bits per heavy atom. The van der Waals surface area contributed by atoms with E-state index in [4.69, 9.17) is 4.42 Å². The molecule has 0 bridgehead atoms. The molecule has 1 aliphatic rings. The fourth-order valence-corrected chi connectivity index (χ4v) is 2.75. The van der Waals surface area contributed by atoms with Gasteiger partial charge in [0.05, 0.1) is 17.9 Å². The van der Waals surface area contributed by atoms with Crippen LogP contribution in [-0.2, 0) is 0 Å². The lowest BCUT2D eigenvalue weighted by Gasteiger charge is -2.27. The fraction of sp³-hybridized carbons (Fsp3) is 0.556. The van der Waals surface area contributed by atoms with Crippen molar-refractivity contribution in [2.45, 2.75) is 24.8 Å². The molecule has 0 aromatic carbocycles. The summed E-state index contributed by atoms with van der Waals surface area (Å²) in [5.41, 5.74) is 1.26. The van der Waals surface area contributed by atoms with E-state index in [0.29, 0.717) is 11.4 Å². The second-order valence-corrected chi connectivity index (χ2v) is 4.38. The predicted molar refractivity (Wildman–Crippen MR) is 51.1 cm³/mol. The zero-order valence-corrected chi connectivity index (χ0v) is 7.93. The molecule has 0 spiro atoms. The van der Waals surface area contributed by atoms with Crippen LogP contribution in [0.2, 0.25) is 0 Å². The first-order chi connectivity index (χ1) is 5.86. The highest BCUT2D eigenvalue weighted by Gasteiger charge is 2.20. The van der Waals surface area contributed by atoms with Crippen molar-refractivity contribution >= 4 is 11.8 Å². The van der Waals surface area contributed by atoms with Crippen LogP contribution in [0, 0.1) is 0 Å². The van der Waals surface area contributed by atoms with Crippen LogP contribution in [0.25, 0.3) is 0 Å². The van der Waals surface area contributed by atoms with E-state index in [-0.39, 0.29) is 0 Å². The minimum Gasteiger partial charge on any atom is -0.472 e. The van der Waals surface area contributed by atoms with Crippen molar-refractivity contribution in [2.75, 3.05) is 5.75 Å². The highest BCUT2D eigenvalue weighted by Crippen LogP contribution is 2.31. The maximum atomic E-state index is 5.05. The normalized spacial score (nSPS) is 30.4. The number of rotatable bonds is 1. The highest BCUT2D eigenvalue weighted by atomic mass is 32.2. The quantitative estimate of drug-likeness (QED) is 0.723. The van der Waals surface area contributed by atoms with Gasteiger partial charge in [0.2, 0.25) is 0 Å². The van der Waals surface area contributed by atoms with Crippen molar-refractivity contribution in [3.8, 4) is 0 Å². The molecule has 1 saturated heterocycles. The first-order valence-corrected chi connectivity index (χ1v) is 5.31. The second kappa shape index (κ2) is 3.54. The van der Waals surface area contributed by atoms with Crippen LogP contribution in [-0.4, -0.2) is 11.8 Å². The number of thioether (sulfide) groups is 1. The molecular weight excluding hydrogens is 170 g/mol. The van der Waals surface area contributed by atoms with Crippen molar-refractivity contribution in [1.82, 2.24) is 5.32 Å². The van der Waals surface area contributed by atoms with Crippen LogP contribution in [0.5, 0.6) is 0 Å². The predicted octanol–water partition coefficient (Wildman–Crippen LogP) is 2.39. The smallest absolute Gasteiger partial charge is 0.0959 e. The Hall–Kier alpha value is -0.410. The zero-order valence-electron chi connectivity index (χ0n) is 7.12. The Labute approximate surface area is 76.7 Å². The molecule has 2 unspecified atom stereocenters. The molecule has 0 saturated carbocycles. The van der Waals surface area contributed by atoms with Gasteiger partial charge in [0, 0.05) is 11.6 Å². The van der Waals surface area contributed by atoms with Gasteiger partial charge in [-0.1, -0.05) is 0 Å². The van der Waals surface area contributed by atoms with Crippen LogP contribution in [0.1, 0.15) is 24.3 Å². The first-order valence-electron chi connectivity index (χ1n) is 4.26. The number of hydrogen-bond acceptors (Lipinski definition) is 3. The first kappa shape index (κ1) is 8.20. The van der Waals surface area contributed by atoms with Crippen LogP contribution >= 0.6 is 11.8 Å². The second-order valence-electron chi connectivity index (χ2n) is 3.16. The summed E-state index contributed by atoms with van der Waals surface area (Å²) in [6, 6.07) is 2.66.